The summed E-state index contributed by atoms with van der Waals surface area (Å²) >= 11 is 0. The van der Waals surface area contributed by atoms with Crippen molar-refractivity contribution in [2.75, 3.05) is 39.3 Å². The molecular formula is C26H39N3O3. The number of benzene rings is 1. The van der Waals surface area contributed by atoms with E-state index in [4.69, 9.17) is 4.74 Å². The van der Waals surface area contributed by atoms with Gasteiger partial charge in [-0.2, -0.15) is 0 Å². The van der Waals surface area contributed by atoms with Crippen LogP contribution in [0.1, 0.15) is 69.9 Å². The maximum Gasteiger partial charge on any atom is 0.409 e. The third kappa shape index (κ3) is 4.80. The van der Waals surface area contributed by atoms with Gasteiger partial charge in [0.05, 0.1) is 6.61 Å². The van der Waals surface area contributed by atoms with Gasteiger partial charge in [-0.1, -0.05) is 37.6 Å². The van der Waals surface area contributed by atoms with Crippen LogP contribution in [0, 0.1) is 0 Å². The zero-order valence-electron chi connectivity index (χ0n) is 19.9. The average molecular weight is 442 g/mol. The normalized spacial score (nSPS) is 21.4. The number of piperidine rings is 2. The fourth-order valence-corrected chi connectivity index (χ4v) is 5.92. The summed E-state index contributed by atoms with van der Waals surface area (Å²) < 4.78 is 5.17. The van der Waals surface area contributed by atoms with Gasteiger partial charge in [0, 0.05) is 44.1 Å². The van der Waals surface area contributed by atoms with Crippen LogP contribution in [0.15, 0.2) is 24.3 Å². The van der Waals surface area contributed by atoms with Crippen molar-refractivity contribution < 1.29 is 14.3 Å². The minimum absolute atomic E-state index is 0.0822. The highest BCUT2D eigenvalue weighted by Crippen LogP contribution is 2.42. The van der Waals surface area contributed by atoms with Crippen LogP contribution in [0.3, 0.4) is 0 Å². The van der Waals surface area contributed by atoms with Gasteiger partial charge in [0.25, 0.3) is 0 Å². The molecule has 3 aliphatic heterocycles. The summed E-state index contributed by atoms with van der Waals surface area (Å²) in [5.74, 6) is 0.314. The number of ether oxygens (including phenoxy) is 1. The lowest BCUT2D eigenvalue weighted by Crippen LogP contribution is -2.56. The molecule has 32 heavy (non-hydrogen) atoms. The van der Waals surface area contributed by atoms with Crippen LogP contribution in [-0.4, -0.2) is 72.1 Å². The Morgan fingerprint density at radius 3 is 2.44 bits per heavy atom. The van der Waals surface area contributed by atoms with Gasteiger partial charge in [0.2, 0.25) is 5.91 Å². The largest absolute Gasteiger partial charge is 0.450 e. The molecule has 0 atom stereocenters. The molecule has 6 heteroatoms. The number of unbranched alkanes of at least 4 members (excludes halogenated alkanes) is 1. The molecule has 2 saturated heterocycles. The molecule has 1 aromatic carbocycles. The summed E-state index contributed by atoms with van der Waals surface area (Å²) in [6.45, 7) is 9.76. The zero-order valence-corrected chi connectivity index (χ0v) is 19.9. The molecule has 3 heterocycles. The fraction of sp³-hybridized carbons (Fsp3) is 0.692. The van der Waals surface area contributed by atoms with Crippen molar-refractivity contribution in [3.63, 3.8) is 0 Å². The van der Waals surface area contributed by atoms with E-state index in [2.05, 4.69) is 41.0 Å². The van der Waals surface area contributed by atoms with Gasteiger partial charge < -0.3 is 19.4 Å². The number of likely N-dealkylation sites (tertiary alicyclic amines) is 2. The molecule has 0 bridgehead atoms. The van der Waals surface area contributed by atoms with E-state index in [1.54, 1.807) is 0 Å². The first-order chi connectivity index (χ1) is 15.6. The molecule has 3 aliphatic rings. The minimum Gasteiger partial charge on any atom is -0.450 e. The average Bonchev–Trinajstić information content (AvgIpc) is 2.83. The van der Waals surface area contributed by atoms with E-state index in [1.165, 1.54) is 11.1 Å². The Kier molecular flexibility index (Phi) is 7.39. The van der Waals surface area contributed by atoms with Crippen LogP contribution in [0.5, 0.6) is 0 Å². The molecule has 0 N–H and O–H groups in total. The number of amides is 2. The van der Waals surface area contributed by atoms with Crippen LogP contribution >= 0.6 is 0 Å². The highest BCUT2D eigenvalue weighted by Gasteiger charge is 2.44. The van der Waals surface area contributed by atoms with Gasteiger partial charge in [0.15, 0.2) is 0 Å². The molecule has 0 unspecified atom stereocenters. The number of hydrogen-bond donors (Lipinski definition) is 0. The number of carbonyl (C=O) groups excluding carboxylic acids is 2. The van der Waals surface area contributed by atoms with E-state index in [9.17, 15) is 9.59 Å². The second kappa shape index (κ2) is 10.2. The Morgan fingerprint density at radius 2 is 1.75 bits per heavy atom. The Balaban J connectivity index is 1.40. The smallest absolute Gasteiger partial charge is 0.409 e. The number of rotatable bonds is 5. The molecule has 1 aromatic rings. The van der Waals surface area contributed by atoms with Crippen molar-refractivity contribution in [2.45, 2.75) is 76.8 Å². The van der Waals surface area contributed by atoms with Crippen LogP contribution < -0.4 is 0 Å². The van der Waals surface area contributed by atoms with E-state index < -0.39 is 0 Å². The first-order valence-corrected chi connectivity index (χ1v) is 12.6. The summed E-state index contributed by atoms with van der Waals surface area (Å²) in [5.41, 5.74) is 2.88. The van der Waals surface area contributed by atoms with Crippen molar-refractivity contribution in [1.82, 2.24) is 14.7 Å². The molecule has 4 rings (SSSR count). The topological polar surface area (TPSA) is 53.1 Å². The Labute approximate surface area is 192 Å². The molecule has 0 radical (unpaired) electrons. The van der Waals surface area contributed by atoms with Crippen molar-refractivity contribution in [2.24, 2.45) is 0 Å². The molecule has 2 amide bonds. The summed E-state index contributed by atoms with van der Waals surface area (Å²) in [6, 6.07) is 9.33. The van der Waals surface area contributed by atoms with Crippen LogP contribution in [-0.2, 0) is 21.5 Å². The van der Waals surface area contributed by atoms with Crippen LogP contribution in [0.25, 0.3) is 0 Å². The van der Waals surface area contributed by atoms with Crippen molar-refractivity contribution in [1.29, 1.82) is 0 Å². The van der Waals surface area contributed by atoms with Crippen molar-refractivity contribution in [3.05, 3.63) is 35.4 Å². The molecule has 6 nitrogen and oxygen atoms in total. The summed E-state index contributed by atoms with van der Waals surface area (Å²) in [6.07, 6.45) is 6.76. The summed E-state index contributed by atoms with van der Waals surface area (Å²) in [7, 11) is 0. The third-order valence-corrected chi connectivity index (χ3v) is 7.80. The Morgan fingerprint density at radius 1 is 1.03 bits per heavy atom. The van der Waals surface area contributed by atoms with Gasteiger partial charge in [-0.25, -0.2) is 4.79 Å². The van der Waals surface area contributed by atoms with Crippen molar-refractivity contribution in [3.8, 4) is 0 Å². The van der Waals surface area contributed by atoms with E-state index in [-0.39, 0.29) is 11.5 Å². The number of nitrogens with zero attached hydrogens (tertiary/aromatic N) is 3. The van der Waals surface area contributed by atoms with Gasteiger partial charge in [-0.15, -0.1) is 0 Å². The molecule has 2 fully saturated rings. The predicted molar refractivity (Wildman–Crippen MR) is 125 cm³/mol. The quantitative estimate of drug-likeness (QED) is 0.688. The molecule has 176 valence electrons. The zero-order chi connectivity index (χ0) is 22.6. The number of hydrogen-bond acceptors (Lipinski definition) is 4. The standard InChI is InChI=1S/C26H39N3O3/c1-3-5-10-24(30)29-19-21-8-6-7-9-23(21)26(20-29)13-17-27(18-14-26)22-11-15-28(16-12-22)25(31)32-4-2/h6-9,22H,3-5,10-20H2,1-2H3. The highest BCUT2D eigenvalue weighted by atomic mass is 16.6. The maximum atomic E-state index is 12.9. The van der Waals surface area contributed by atoms with Gasteiger partial charge >= 0.3 is 6.09 Å². The minimum atomic E-state index is -0.171. The maximum absolute atomic E-state index is 12.9. The first-order valence-electron chi connectivity index (χ1n) is 12.6. The van der Waals surface area contributed by atoms with E-state index in [0.717, 1.165) is 77.8 Å². The second-order valence-corrected chi connectivity index (χ2v) is 9.74. The van der Waals surface area contributed by atoms with Crippen molar-refractivity contribution >= 4 is 12.0 Å². The highest BCUT2D eigenvalue weighted by molar-refractivity contribution is 5.76. The monoisotopic (exact) mass is 441 g/mol. The van der Waals surface area contributed by atoms with Gasteiger partial charge in [-0.05, 0) is 63.2 Å². The van der Waals surface area contributed by atoms with E-state index in [0.29, 0.717) is 25.0 Å². The van der Waals surface area contributed by atoms with E-state index >= 15 is 0 Å². The Hall–Kier alpha value is -2.08. The first kappa shape index (κ1) is 23.1. The van der Waals surface area contributed by atoms with Gasteiger partial charge in [0.1, 0.15) is 0 Å². The SMILES string of the molecule is CCCCC(=O)N1Cc2ccccc2C2(CCN(C3CCN(C(=O)OCC)CC3)CC2)C1. The Bertz CT molecular complexity index is 795. The lowest BCUT2D eigenvalue weighted by Gasteiger charge is -2.50. The molecule has 0 aliphatic carbocycles. The molecule has 0 aromatic heterocycles. The van der Waals surface area contributed by atoms with Crippen LogP contribution in [0.4, 0.5) is 4.79 Å². The third-order valence-electron chi connectivity index (χ3n) is 7.80. The van der Waals surface area contributed by atoms with Crippen LogP contribution in [0.2, 0.25) is 0 Å². The van der Waals surface area contributed by atoms with E-state index in [1.807, 2.05) is 11.8 Å². The number of carbonyl (C=O) groups is 2. The lowest BCUT2D eigenvalue weighted by atomic mass is 9.68. The lowest BCUT2D eigenvalue weighted by molar-refractivity contribution is -0.134. The molecule has 0 saturated carbocycles. The second-order valence-electron chi connectivity index (χ2n) is 9.74. The predicted octanol–water partition coefficient (Wildman–Crippen LogP) is 4.17. The fourth-order valence-electron chi connectivity index (χ4n) is 5.92. The molecular weight excluding hydrogens is 402 g/mol. The summed E-state index contributed by atoms with van der Waals surface area (Å²) in [5, 5.41) is 0. The number of fused-ring (bicyclic) bond motifs is 2. The molecule has 1 spiro atoms. The van der Waals surface area contributed by atoms with Gasteiger partial charge in [-0.3, -0.25) is 4.79 Å². The summed E-state index contributed by atoms with van der Waals surface area (Å²) in [4.78, 5) is 31.5.